The molecule has 19 heavy (non-hydrogen) atoms. The van der Waals surface area contributed by atoms with E-state index < -0.39 is 0 Å². The van der Waals surface area contributed by atoms with E-state index in [1.165, 1.54) is 12.8 Å². The van der Waals surface area contributed by atoms with Gasteiger partial charge >= 0.3 is 0 Å². The summed E-state index contributed by atoms with van der Waals surface area (Å²) in [5, 5.41) is 14.3. The van der Waals surface area contributed by atoms with Gasteiger partial charge in [0.15, 0.2) is 0 Å². The molecule has 0 radical (unpaired) electrons. The lowest BCUT2D eigenvalue weighted by molar-refractivity contribution is -0.384. The molecule has 0 saturated heterocycles. The Kier molecular flexibility index (Phi) is 4.37. The molecule has 1 fully saturated rings. The predicted octanol–water partition coefficient (Wildman–Crippen LogP) is 2.83. The summed E-state index contributed by atoms with van der Waals surface area (Å²) in [6, 6.07) is 5.29. The van der Waals surface area contributed by atoms with Crippen LogP contribution in [0, 0.1) is 23.0 Å². The van der Waals surface area contributed by atoms with Gasteiger partial charge < -0.3 is 11.1 Å². The van der Waals surface area contributed by atoms with Gasteiger partial charge in [0.25, 0.3) is 5.69 Å². The molecule has 1 aromatic carbocycles. The number of nitro benzene ring substituents is 1. The Morgan fingerprint density at radius 3 is 2.84 bits per heavy atom. The Bertz CT molecular complexity index is 462. The summed E-state index contributed by atoms with van der Waals surface area (Å²) in [5.41, 5.74) is 7.84. The van der Waals surface area contributed by atoms with Crippen molar-refractivity contribution in [1.29, 1.82) is 0 Å². The van der Waals surface area contributed by atoms with Crippen LogP contribution in [-0.2, 0) is 0 Å². The molecule has 0 heterocycles. The minimum Gasteiger partial charge on any atom is -0.382 e. The lowest BCUT2D eigenvalue weighted by Crippen LogP contribution is -2.36. The van der Waals surface area contributed by atoms with Crippen LogP contribution in [0.4, 0.5) is 11.4 Å². The minimum absolute atomic E-state index is 0.133. The van der Waals surface area contributed by atoms with Gasteiger partial charge in [0, 0.05) is 23.9 Å². The summed E-state index contributed by atoms with van der Waals surface area (Å²) in [4.78, 5) is 10.5. The van der Waals surface area contributed by atoms with Crippen molar-refractivity contribution in [3.8, 4) is 0 Å². The Balaban J connectivity index is 2.17. The molecule has 0 bridgehead atoms. The molecule has 2 rings (SSSR count). The van der Waals surface area contributed by atoms with Crippen molar-refractivity contribution in [3.63, 3.8) is 0 Å². The number of hydrogen-bond acceptors (Lipinski definition) is 4. The van der Waals surface area contributed by atoms with Gasteiger partial charge in [-0.1, -0.05) is 18.9 Å². The summed E-state index contributed by atoms with van der Waals surface area (Å²) in [7, 11) is 0. The Morgan fingerprint density at radius 2 is 2.16 bits per heavy atom. The number of hydrogen-bond donors (Lipinski definition) is 2. The lowest BCUT2D eigenvalue weighted by Gasteiger charge is -2.32. The molecule has 5 heteroatoms. The van der Waals surface area contributed by atoms with E-state index in [-0.39, 0.29) is 10.6 Å². The third kappa shape index (κ3) is 3.23. The maximum absolute atomic E-state index is 10.8. The van der Waals surface area contributed by atoms with Gasteiger partial charge in [-0.2, -0.15) is 0 Å². The zero-order valence-electron chi connectivity index (χ0n) is 11.3. The van der Waals surface area contributed by atoms with Gasteiger partial charge in [-0.05, 0) is 37.8 Å². The van der Waals surface area contributed by atoms with Gasteiger partial charge in [-0.25, -0.2) is 0 Å². The zero-order chi connectivity index (χ0) is 13.8. The molecule has 0 aromatic heterocycles. The molecule has 1 aliphatic rings. The van der Waals surface area contributed by atoms with Crippen molar-refractivity contribution in [2.75, 3.05) is 11.9 Å². The molecule has 2 unspecified atom stereocenters. The quantitative estimate of drug-likeness (QED) is 0.646. The van der Waals surface area contributed by atoms with E-state index in [4.69, 9.17) is 5.73 Å². The van der Waals surface area contributed by atoms with Crippen molar-refractivity contribution in [1.82, 2.24) is 0 Å². The number of nitro groups is 1. The van der Waals surface area contributed by atoms with Gasteiger partial charge in [0.2, 0.25) is 0 Å². The zero-order valence-corrected chi connectivity index (χ0v) is 11.3. The largest absolute Gasteiger partial charge is 0.382 e. The van der Waals surface area contributed by atoms with Crippen molar-refractivity contribution >= 4 is 11.4 Å². The second-order valence-electron chi connectivity index (χ2n) is 5.29. The number of anilines is 1. The van der Waals surface area contributed by atoms with Crippen molar-refractivity contribution < 1.29 is 4.92 Å². The first kappa shape index (κ1) is 13.8. The second-order valence-corrected chi connectivity index (χ2v) is 5.29. The highest BCUT2D eigenvalue weighted by Crippen LogP contribution is 2.29. The average Bonchev–Trinajstić information content (AvgIpc) is 2.41. The van der Waals surface area contributed by atoms with Crippen LogP contribution in [0.15, 0.2) is 18.2 Å². The van der Waals surface area contributed by atoms with Gasteiger partial charge in [0.05, 0.1) is 4.92 Å². The maximum Gasteiger partial charge on any atom is 0.271 e. The van der Waals surface area contributed by atoms with E-state index in [9.17, 15) is 10.1 Å². The fourth-order valence-electron chi connectivity index (χ4n) is 2.76. The van der Waals surface area contributed by atoms with Crippen LogP contribution in [0.5, 0.6) is 0 Å². The number of benzene rings is 1. The van der Waals surface area contributed by atoms with E-state index in [0.717, 1.165) is 24.1 Å². The molecule has 1 saturated carbocycles. The number of aryl methyl sites for hydroxylation is 1. The first-order valence-corrected chi connectivity index (χ1v) is 6.83. The van der Waals surface area contributed by atoms with Crippen molar-refractivity contribution in [2.45, 2.75) is 38.6 Å². The number of non-ortho nitro benzene ring substituents is 1. The van der Waals surface area contributed by atoms with E-state index in [1.807, 2.05) is 6.92 Å². The van der Waals surface area contributed by atoms with E-state index in [2.05, 4.69) is 5.32 Å². The molecule has 3 N–H and O–H groups in total. The summed E-state index contributed by atoms with van der Waals surface area (Å²) in [6.07, 6.45) is 4.66. The molecule has 1 aliphatic carbocycles. The highest BCUT2D eigenvalue weighted by Gasteiger charge is 2.24. The van der Waals surface area contributed by atoms with Gasteiger partial charge in [-0.15, -0.1) is 0 Å². The Hall–Kier alpha value is -1.62. The van der Waals surface area contributed by atoms with Crippen LogP contribution < -0.4 is 11.1 Å². The molecule has 104 valence electrons. The average molecular weight is 263 g/mol. The van der Waals surface area contributed by atoms with Crippen LogP contribution >= 0.6 is 0 Å². The SMILES string of the molecule is Cc1ccc([N+](=O)[O-])cc1NC1CCCCC1CN. The third-order valence-electron chi connectivity index (χ3n) is 3.98. The number of nitrogens with one attached hydrogen (secondary N) is 1. The van der Waals surface area contributed by atoms with Crippen LogP contribution in [0.25, 0.3) is 0 Å². The second kappa shape index (κ2) is 6.02. The number of nitrogens with zero attached hydrogens (tertiary/aromatic N) is 1. The summed E-state index contributed by atoms with van der Waals surface area (Å²) in [5.74, 6) is 0.465. The normalized spacial score (nSPS) is 23.1. The van der Waals surface area contributed by atoms with Crippen LogP contribution in [0.1, 0.15) is 31.2 Å². The van der Waals surface area contributed by atoms with E-state index >= 15 is 0 Å². The van der Waals surface area contributed by atoms with Crippen LogP contribution in [0.3, 0.4) is 0 Å². The van der Waals surface area contributed by atoms with Gasteiger partial charge in [-0.3, -0.25) is 10.1 Å². The first-order valence-electron chi connectivity index (χ1n) is 6.83. The highest BCUT2D eigenvalue weighted by molar-refractivity contribution is 5.57. The van der Waals surface area contributed by atoms with Crippen molar-refractivity contribution in [2.24, 2.45) is 11.7 Å². The summed E-state index contributed by atoms with van der Waals surface area (Å²) >= 11 is 0. The fraction of sp³-hybridized carbons (Fsp3) is 0.571. The summed E-state index contributed by atoms with van der Waals surface area (Å²) < 4.78 is 0. The molecule has 2 atom stereocenters. The van der Waals surface area contributed by atoms with E-state index in [1.54, 1.807) is 18.2 Å². The van der Waals surface area contributed by atoms with Gasteiger partial charge in [0.1, 0.15) is 0 Å². The minimum atomic E-state index is -0.355. The Morgan fingerprint density at radius 1 is 1.42 bits per heavy atom. The summed E-state index contributed by atoms with van der Waals surface area (Å²) in [6.45, 7) is 2.64. The monoisotopic (exact) mass is 263 g/mol. The predicted molar refractivity (Wildman–Crippen MR) is 76.3 cm³/mol. The van der Waals surface area contributed by atoms with Crippen molar-refractivity contribution in [3.05, 3.63) is 33.9 Å². The highest BCUT2D eigenvalue weighted by atomic mass is 16.6. The molecule has 0 spiro atoms. The number of nitrogens with two attached hydrogens (primary N) is 1. The number of rotatable bonds is 4. The smallest absolute Gasteiger partial charge is 0.271 e. The molecular weight excluding hydrogens is 242 g/mol. The lowest BCUT2D eigenvalue weighted by atomic mass is 9.84. The first-order chi connectivity index (χ1) is 9.11. The standard InChI is InChI=1S/C14H21N3O2/c1-10-6-7-12(17(18)19)8-14(10)16-13-5-3-2-4-11(13)9-15/h6-8,11,13,16H,2-5,9,15H2,1H3. The third-order valence-corrected chi connectivity index (χ3v) is 3.98. The van der Waals surface area contributed by atoms with Crippen LogP contribution in [-0.4, -0.2) is 17.5 Å². The fourth-order valence-corrected chi connectivity index (χ4v) is 2.76. The molecular formula is C14H21N3O2. The van der Waals surface area contributed by atoms with E-state index in [0.29, 0.717) is 18.5 Å². The Labute approximate surface area is 113 Å². The molecule has 0 aliphatic heterocycles. The molecule has 0 amide bonds. The molecule has 1 aromatic rings. The molecule has 5 nitrogen and oxygen atoms in total. The topological polar surface area (TPSA) is 81.2 Å². The van der Waals surface area contributed by atoms with Crippen LogP contribution in [0.2, 0.25) is 0 Å². The maximum atomic E-state index is 10.8.